The summed E-state index contributed by atoms with van der Waals surface area (Å²) < 4.78 is 2.27. The first kappa shape index (κ1) is 47.3. The van der Waals surface area contributed by atoms with Gasteiger partial charge in [0.15, 0.2) is 0 Å². The van der Waals surface area contributed by atoms with E-state index < -0.39 is 0 Å². The van der Waals surface area contributed by atoms with Gasteiger partial charge in [-0.25, -0.2) is 4.98 Å². The van der Waals surface area contributed by atoms with Crippen LogP contribution in [-0.2, 0) is 21.7 Å². The molecule has 0 aliphatic rings. The molecule has 0 aliphatic heterocycles. The molecule has 7 aromatic carbocycles. The first-order valence-corrected chi connectivity index (χ1v) is 24.6. The molecule has 9 rings (SSSR count). The lowest BCUT2D eigenvalue weighted by Crippen LogP contribution is -2.13. The van der Waals surface area contributed by atoms with Crippen molar-refractivity contribution in [2.24, 2.45) is 0 Å². The van der Waals surface area contributed by atoms with Crippen LogP contribution in [-0.4, -0.2) is 19.6 Å². The van der Waals surface area contributed by atoms with Crippen molar-refractivity contribution in [1.29, 1.82) is 0 Å². The Balaban J connectivity index is 1.44. The number of phenols is 1. The van der Waals surface area contributed by atoms with E-state index in [0.717, 1.165) is 66.7 Å². The standard InChI is InChI=1S/C65H69N3O/c1-39-18-16-19-40(2)58(39)46-33-44(32-45(34-46)53-38-55(65(13,14)15)41(3)51-20-17-31-66-59(51)53)52-35-43(42-21-23-47(24-22-42)62(4,5)6)36-56-60(52)67-61(54-37-49(64(10,11)12)27-30-57(54)69)68(56)50-28-25-48(26-29-50)63(7,8)9/h16-38,69H,1-15H3. The number of benzene rings is 7. The molecule has 0 amide bonds. The van der Waals surface area contributed by atoms with Gasteiger partial charge in [-0.1, -0.05) is 150 Å². The minimum absolute atomic E-state index is 0.0103. The number of phenolic OH excluding ortho intramolecular Hbond substituents is 1. The Bertz CT molecular complexity index is 3410. The van der Waals surface area contributed by atoms with Gasteiger partial charge in [0.05, 0.1) is 22.1 Å². The average Bonchev–Trinajstić information content (AvgIpc) is 3.67. The van der Waals surface area contributed by atoms with Crippen molar-refractivity contribution in [2.45, 2.75) is 126 Å². The van der Waals surface area contributed by atoms with Gasteiger partial charge in [-0.2, -0.15) is 0 Å². The Labute approximate surface area is 411 Å². The van der Waals surface area contributed by atoms with Crippen LogP contribution in [0, 0.1) is 20.8 Å². The molecule has 0 atom stereocenters. The number of aromatic nitrogens is 3. The minimum atomic E-state index is -0.155. The van der Waals surface area contributed by atoms with E-state index in [9.17, 15) is 5.11 Å². The molecular weight excluding hydrogens is 839 g/mol. The third-order valence-corrected chi connectivity index (χ3v) is 14.2. The Morgan fingerprint density at radius 2 is 1.00 bits per heavy atom. The molecule has 0 saturated heterocycles. The fourth-order valence-electron chi connectivity index (χ4n) is 10.2. The maximum atomic E-state index is 11.9. The summed E-state index contributed by atoms with van der Waals surface area (Å²) >= 11 is 0. The quantitative estimate of drug-likeness (QED) is 0.181. The van der Waals surface area contributed by atoms with Crippen LogP contribution in [0.1, 0.15) is 122 Å². The van der Waals surface area contributed by atoms with E-state index in [1.807, 2.05) is 18.3 Å². The van der Waals surface area contributed by atoms with E-state index in [2.05, 4.69) is 230 Å². The van der Waals surface area contributed by atoms with Crippen molar-refractivity contribution >= 4 is 21.9 Å². The van der Waals surface area contributed by atoms with Gasteiger partial charge >= 0.3 is 0 Å². The van der Waals surface area contributed by atoms with Crippen LogP contribution in [0.3, 0.4) is 0 Å². The predicted octanol–water partition coefficient (Wildman–Crippen LogP) is 17.7. The highest BCUT2D eigenvalue weighted by Gasteiger charge is 2.27. The summed E-state index contributed by atoms with van der Waals surface area (Å²) in [5.41, 5.74) is 21.7. The van der Waals surface area contributed by atoms with Crippen molar-refractivity contribution < 1.29 is 5.11 Å². The third-order valence-electron chi connectivity index (χ3n) is 14.2. The molecule has 350 valence electrons. The van der Waals surface area contributed by atoms with Crippen LogP contribution < -0.4 is 0 Å². The molecule has 4 heteroatoms. The second-order valence-electron chi connectivity index (χ2n) is 23.6. The average molecular weight is 908 g/mol. The zero-order valence-electron chi connectivity index (χ0n) is 43.6. The lowest BCUT2D eigenvalue weighted by atomic mass is 9.80. The van der Waals surface area contributed by atoms with Crippen LogP contribution in [0.25, 0.3) is 83.5 Å². The molecule has 2 heterocycles. The summed E-state index contributed by atoms with van der Waals surface area (Å²) in [6.07, 6.45) is 1.92. The Hall–Kier alpha value is -6.78. The van der Waals surface area contributed by atoms with Crippen LogP contribution in [0.15, 0.2) is 140 Å². The van der Waals surface area contributed by atoms with Crippen LogP contribution in [0.2, 0.25) is 0 Å². The van der Waals surface area contributed by atoms with Crippen LogP contribution in [0.4, 0.5) is 0 Å². The minimum Gasteiger partial charge on any atom is -0.507 e. The molecule has 0 bridgehead atoms. The molecule has 4 nitrogen and oxygen atoms in total. The normalized spacial score (nSPS) is 12.6. The second kappa shape index (κ2) is 17.0. The summed E-state index contributed by atoms with van der Waals surface area (Å²) in [7, 11) is 0. The number of pyridine rings is 1. The maximum Gasteiger partial charge on any atom is 0.149 e. The zero-order valence-corrected chi connectivity index (χ0v) is 43.6. The first-order valence-electron chi connectivity index (χ1n) is 24.6. The highest BCUT2D eigenvalue weighted by molar-refractivity contribution is 6.03. The smallest absolute Gasteiger partial charge is 0.149 e. The summed E-state index contributed by atoms with van der Waals surface area (Å²) in [6, 6.07) is 48.9. The van der Waals surface area contributed by atoms with E-state index in [0.29, 0.717) is 11.4 Å². The number of nitrogens with zero attached hydrogens (tertiary/aromatic N) is 3. The predicted molar refractivity (Wildman–Crippen MR) is 294 cm³/mol. The fraction of sp³-hybridized carbons (Fsp3) is 0.292. The number of rotatable bonds is 6. The molecule has 0 fully saturated rings. The van der Waals surface area contributed by atoms with E-state index in [4.69, 9.17) is 9.97 Å². The third kappa shape index (κ3) is 8.91. The number of imidazole rings is 1. The van der Waals surface area contributed by atoms with Gasteiger partial charge in [0, 0.05) is 28.4 Å². The van der Waals surface area contributed by atoms with Crippen molar-refractivity contribution in [2.75, 3.05) is 0 Å². The molecule has 0 aliphatic carbocycles. The highest BCUT2D eigenvalue weighted by Crippen LogP contribution is 2.45. The topological polar surface area (TPSA) is 50.9 Å². The molecule has 69 heavy (non-hydrogen) atoms. The molecule has 0 saturated carbocycles. The molecule has 0 spiro atoms. The Morgan fingerprint density at radius 1 is 0.449 bits per heavy atom. The van der Waals surface area contributed by atoms with Crippen molar-refractivity contribution in [3.8, 4) is 67.3 Å². The Morgan fingerprint density at radius 3 is 1.58 bits per heavy atom. The zero-order chi connectivity index (χ0) is 49.5. The summed E-state index contributed by atoms with van der Waals surface area (Å²) in [5, 5.41) is 13.1. The lowest BCUT2D eigenvalue weighted by molar-refractivity contribution is 0.475. The molecular formula is C65H69N3O. The van der Waals surface area contributed by atoms with E-state index in [1.165, 1.54) is 44.3 Å². The molecule has 1 N–H and O–H groups in total. The molecule has 9 aromatic rings. The number of aromatic hydroxyl groups is 1. The number of hydrogen-bond acceptors (Lipinski definition) is 3. The molecule has 0 unspecified atom stereocenters. The van der Waals surface area contributed by atoms with Gasteiger partial charge in [0.2, 0.25) is 0 Å². The number of aryl methyl sites for hydroxylation is 3. The first-order chi connectivity index (χ1) is 32.4. The van der Waals surface area contributed by atoms with E-state index in [-0.39, 0.29) is 27.4 Å². The summed E-state index contributed by atoms with van der Waals surface area (Å²) in [4.78, 5) is 10.8. The van der Waals surface area contributed by atoms with Gasteiger partial charge < -0.3 is 5.11 Å². The SMILES string of the molecule is Cc1cccc(C)c1-c1cc(-c2cc(C(C)(C)C)c(C)c3cccnc23)cc(-c2cc(-c3ccc(C(C)(C)C)cc3)cc3c2nc(-c2cc(C(C)(C)C)ccc2O)n3-c2ccc(C(C)(C)C)cc2)c1. The van der Waals surface area contributed by atoms with Crippen LogP contribution >= 0.6 is 0 Å². The summed E-state index contributed by atoms with van der Waals surface area (Å²) in [6.45, 7) is 33.7. The van der Waals surface area contributed by atoms with Crippen LogP contribution in [0.5, 0.6) is 5.75 Å². The van der Waals surface area contributed by atoms with Gasteiger partial charge in [-0.05, 0) is 181 Å². The largest absolute Gasteiger partial charge is 0.507 e. The monoisotopic (exact) mass is 908 g/mol. The molecule has 2 aromatic heterocycles. The lowest BCUT2D eigenvalue weighted by Gasteiger charge is -2.25. The van der Waals surface area contributed by atoms with Gasteiger partial charge in [0.25, 0.3) is 0 Å². The van der Waals surface area contributed by atoms with Gasteiger partial charge in [-0.3, -0.25) is 9.55 Å². The maximum absolute atomic E-state index is 11.9. The van der Waals surface area contributed by atoms with Crippen molar-refractivity contribution in [1.82, 2.24) is 14.5 Å². The van der Waals surface area contributed by atoms with Crippen molar-refractivity contribution in [3.63, 3.8) is 0 Å². The van der Waals surface area contributed by atoms with Gasteiger partial charge in [-0.15, -0.1) is 0 Å². The molecule has 0 radical (unpaired) electrons. The summed E-state index contributed by atoms with van der Waals surface area (Å²) in [5.74, 6) is 0.881. The van der Waals surface area contributed by atoms with Crippen molar-refractivity contribution in [3.05, 3.63) is 179 Å². The highest BCUT2D eigenvalue weighted by atomic mass is 16.3. The van der Waals surface area contributed by atoms with E-state index >= 15 is 0 Å². The number of fused-ring (bicyclic) bond motifs is 2. The fourth-order valence-corrected chi connectivity index (χ4v) is 10.2. The Kier molecular flexibility index (Phi) is 11.7. The second-order valence-corrected chi connectivity index (χ2v) is 23.6. The van der Waals surface area contributed by atoms with E-state index in [1.54, 1.807) is 0 Å². The number of hydrogen-bond donors (Lipinski definition) is 1. The van der Waals surface area contributed by atoms with Gasteiger partial charge in [0.1, 0.15) is 11.6 Å².